The van der Waals surface area contributed by atoms with Gasteiger partial charge in [0, 0.05) is 23.5 Å². The predicted octanol–water partition coefficient (Wildman–Crippen LogP) is 2.08. The van der Waals surface area contributed by atoms with Crippen molar-refractivity contribution in [3.05, 3.63) is 28.2 Å². The molecule has 132 valence electrons. The molecule has 1 aliphatic carbocycles. The molecule has 1 aromatic rings. The monoisotopic (exact) mass is 418 g/mol. The SMILES string of the molecule is O=C(NOC1CCCCO1)c1cc(S(=O)(=O)NC2CC2)ccc1Br. The largest absolute Gasteiger partial charge is 0.350 e. The van der Waals surface area contributed by atoms with Gasteiger partial charge in [0.15, 0.2) is 6.29 Å². The highest BCUT2D eigenvalue weighted by Crippen LogP contribution is 2.25. The van der Waals surface area contributed by atoms with Gasteiger partial charge < -0.3 is 4.74 Å². The van der Waals surface area contributed by atoms with E-state index >= 15 is 0 Å². The Morgan fingerprint density at radius 3 is 2.71 bits per heavy atom. The number of hydrogen-bond donors (Lipinski definition) is 2. The minimum absolute atomic E-state index is 0.00251. The van der Waals surface area contributed by atoms with Gasteiger partial charge in [-0.3, -0.25) is 4.79 Å². The molecule has 0 radical (unpaired) electrons. The molecular weight excluding hydrogens is 400 g/mol. The Morgan fingerprint density at radius 2 is 2.04 bits per heavy atom. The summed E-state index contributed by atoms with van der Waals surface area (Å²) in [5, 5.41) is 0. The van der Waals surface area contributed by atoms with Crippen LogP contribution >= 0.6 is 15.9 Å². The third-order valence-electron chi connectivity index (χ3n) is 3.81. The van der Waals surface area contributed by atoms with E-state index in [0.717, 1.165) is 25.7 Å². The first kappa shape index (κ1) is 17.8. The maximum atomic E-state index is 12.3. The van der Waals surface area contributed by atoms with Gasteiger partial charge in [0.05, 0.1) is 10.5 Å². The van der Waals surface area contributed by atoms with E-state index in [1.54, 1.807) is 0 Å². The van der Waals surface area contributed by atoms with Crippen molar-refractivity contribution < 1.29 is 22.8 Å². The molecule has 0 bridgehead atoms. The van der Waals surface area contributed by atoms with Gasteiger partial charge in [-0.05, 0) is 59.8 Å². The molecule has 1 amide bonds. The number of sulfonamides is 1. The highest BCUT2D eigenvalue weighted by atomic mass is 79.9. The maximum absolute atomic E-state index is 12.3. The van der Waals surface area contributed by atoms with Crippen LogP contribution in [0.15, 0.2) is 27.6 Å². The van der Waals surface area contributed by atoms with Crippen molar-refractivity contribution in [1.82, 2.24) is 10.2 Å². The first-order valence-corrected chi connectivity index (χ1v) is 10.1. The average Bonchev–Trinajstić information content (AvgIpc) is 3.37. The highest BCUT2D eigenvalue weighted by molar-refractivity contribution is 9.10. The van der Waals surface area contributed by atoms with Gasteiger partial charge in [-0.25, -0.2) is 23.5 Å². The number of carbonyl (C=O) groups excluding carboxylic acids is 1. The summed E-state index contributed by atoms with van der Waals surface area (Å²) in [5.74, 6) is -0.528. The molecule has 24 heavy (non-hydrogen) atoms. The summed E-state index contributed by atoms with van der Waals surface area (Å²) in [5.41, 5.74) is 2.52. The molecule has 1 aromatic carbocycles. The Bertz CT molecular complexity index is 715. The van der Waals surface area contributed by atoms with Crippen molar-refractivity contribution in [3.8, 4) is 0 Å². The number of nitrogens with one attached hydrogen (secondary N) is 2. The lowest BCUT2D eigenvalue weighted by Crippen LogP contribution is -2.33. The molecule has 1 aliphatic heterocycles. The molecule has 7 nitrogen and oxygen atoms in total. The summed E-state index contributed by atoms with van der Waals surface area (Å²) in [6, 6.07) is 4.32. The van der Waals surface area contributed by atoms with E-state index < -0.39 is 22.2 Å². The lowest BCUT2D eigenvalue weighted by atomic mass is 10.2. The number of hydrogen-bond acceptors (Lipinski definition) is 5. The zero-order valence-electron chi connectivity index (χ0n) is 13.0. The zero-order chi connectivity index (χ0) is 17.2. The lowest BCUT2D eigenvalue weighted by Gasteiger charge is -2.22. The zero-order valence-corrected chi connectivity index (χ0v) is 15.4. The fourth-order valence-corrected chi connectivity index (χ4v) is 4.07. The smallest absolute Gasteiger partial charge is 0.276 e. The van der Waals surface area contributed by atoms with Crippen molar-refractivity contribution in [1.29, 1.82) is 0 Å². The lowest BCUT2D eigenvalue weighted by molar-refractivity contribution is -0.186. The number of carbonyl (C=O) groups is 1. The van der Waals surface area contributed by atoms with Gasteiger partial charge in [0.25, 0.3) is 5.91 Å². The van der Waals surface area contributed by atoms with Crippen LogP contribution in [0.25, 0.3) is 0 Å². The Kier molecular flexibility index (Phi) is 5.56. The third-order valence-corrected chi connectivity index (χ3v) is 6.02. The third kappa shape index (κ3) is 4.54. The molecule has 2 N–H and O–H groups in total. The minimum Gasteiger partial charge on any atom is -0.350 e. The number of rotatable bonds is 6. The second kappa shape index (κ2) is 7.49. The molecule has 3 rings (SSSR count). The summed E-state index contributed by atoms with van der Waals surface area (Å²) < 4.78 is 33.0. The molecule has 0 spiro atoms. The van der Waals surface area contributed by atoms with Crippen LogP contribution in [-0.2, 0) is 19.6 Å². The average molecular weight is 419 g/mol. The van der Waals surface area contributed by atoms with E-state index in [1.165, 1.54) is 18.2 Å². The highest BCUT2D eigenvalue weighted by Gasteiger charge is 2.28. The molecule has 1 saturated carbocycles. The van der Waals surface area contributed by atoms with E-state index in [9.17, 15) is 13.2 Å². The van der Waals surface area contributed by atoms with Crippen LogP contribution in [0.4, 0.5) is 0 Å². The Labute approximate surface area is 149 Å². The molecule has 0 aromatic heterocycles. The Hall–Kier alpha value is -1.00. The standard InChI is InChI=1S/C15H19BrN2O5S/c16-13-7-6-11(24(20,21)18-10-4-5-10)9-12(13)15(19)17-23-14-3-1-2-8-22-14/h6-7,9-10,14,18H,1-5,8H2,(H,17,19). The molecule has 2 fully saturated rings. The fourth-order valence-electron chi connectivity index (χ4n) is 2.31. The van der Waals surface area contributed by atoms with Crippen LogP contribution < -0.4 is 10.2 Å². The maximum Gasteiger partial charge on any atom is 0.276 e. The molecular formula is C15H19BrN2O5S. The van der Waals surface area contributed by atoms with E-state index in [1.807, 2.05) is 0 Å². The first-order chi connectivity index (χ1) is 11.5. The van der Waals surface area contributed by atoms with Crippen molar-refractivity contribution >= 4 is 31.9 Å². The molecule has 1 atom stereocenters. The van der Waals surface area contributed by atoms with E-state index in [2.05, 4.69) is 26.1 Å². The van der Waals surface area contributed by atoms with Gasteiger partial charge in [0.2, 0.25) is 10.0 Å². The Balaban J connectivity index is 1.69. The quantitative estimate of drug-likeness (QED) is 0.689. The molecule has 1 saturated heterocycles. The summed E-state index contributed by atoms with van der Waals surface area (Å²) in [6.07, 6.45) is 3.89. The van der Waals surface area contributed by atoms with Gasteiger partial charge in [-0.15, -0.1) is 0 Å². The van der Waals surface area contributed by atoms with Crippen LogP contribution in [0.2, 0.25) is 0 Å². The summed E-state index contributed by atoms with van der Waals surface area (Å²) >= 11 is 3.26. The normalized spacial score (nSPS) is 21.5. The number of benzene rings is 1. The van der Waals surface area contributed by atoms with Crippen molar-refractivity contribution in [2.45, 2.75) is 49.3 Å². The van der Waals surface area contributed by atoms with Gasteiger partial charge >= 0.3 is 0 Å². The molecule has 1 heterocycles. The summed E-state index contributed by atoms with van der Waals surface area (Å²) in [7, 11) is -3.62. The first-order valence-electron chi connectivity index (χ1n) is 7.85. The van der Waals surface area contributed by atoms with Crippen LogP contribution in [0.5, 0.6) is 0 Å². The van der Waals surface area contributed by atoms with Gasteiger partial charge in [-0.2, -0.15) is 0 Å². The molecule has 2 aliphatic rings. The summed E-state index contributed by atoms with van der Waals surface area (Å²) in [4.78, 5) is 17.6. The van der Waals surface area contributed by atoms with Crippen LogP contribution in [0, 0.1) is 0 Å². The van der Waals surface area contributed by atoms with Crippen molar-refractivity contribution in [3.63, 3.8) is 0 Å². The number of halogens is 1. The molecule has 1 unspecified atom stereocenters. The van der Waals surface area contributed by atoms with Gasteiger partial charge in [-0.1, -0.05) is 0 Å². The van der Waals surface area contributed by atoms with Gasteiger partial charge in [0.1, 0.15) is 0 Å². The predicted molar refractivity (Wildman–Crippen MR) is 89.6 cm³/mol. The van der Waals surface area contributed by atoms with E-state index in [-0.39, 0.29) is 16.5 Å². The Morgan fingerprint density at radius 1 is 1.25 bits per heavy atom. The van der Waals surface area contributed by atoms with Crippen molar-refractivity contribution in [2.24, 2.45) is 0 Å². The van der Waals surface area contributed by atoms with E-state index in [4.69, 9.17) is 9.57 Å². The second-order valence-corrected chi connectivity index (χ2v) is 8.45. The number of amides is 1. The van der Waals surface area contributed by atoms with Crippen LogP contribution in [0.3, 0.4) is 0 Å². The van der Waals surface area contributed by atoms with E-state index in [0.29, 0.717) is 17.5 Å². The number of ether oxygens (including phenoxy) is 1. The number of hydroxylamine groups is 1. The molecule has 9 heteroatoms. The fraction of sp³-hybridized carbons (Fsp3) is 0.533. The van der Waals surface area contributed by atoms with Crippen molar-refractivity contribution in [2.75, 3.05) is 6.61 Å². The van der Waals surface area contributed by atoms with Crippen LogP contribution in [0.1, 0.15) is 42.5 Å². The van der Waals surface area contributed by atoms with Crippen LogP contribution in [-0.4, -0.2) is 33.3 Å². The topological polar surface area (TPSA) is 93.7 Å². The minimum atomic E-state index is -3.62. The second-order valence-electron chi connectivity index (χ2n) is 5.88. The summed E-state index contributed by atoms with van der Waals surface area (Å²) in [6.45, 7) is 0.602.